The molecule has 5 aliphatic carbocycles. The Labute approximate surface area is 194 Å². The fourth-order valence-corrected chi connectivity index (χ4v) is 8.05. The molecule has 1 aromatic carbocycles. The Kier molecular flexibility index (Phi) is 5.39. The summed E-state index contributed by atoms with van der Waals surface area (Å²) in [5.41, 5.74) is 5.64. The van der Waals surface area contributed by atoms with E-state index in [0.717, 1.165) is 55.4 Å². The molecule has 12 heteroatoms. The monoisotopic (exact) mass is 502 g/mol. The topological polar surface area (TPSA) is 106 Å². The van der Waals surface area contributed by atoms with E-state index in [9.17, 15) is 21.6 Å². The first-order chi connectivity index (χ1) is 15.5. The maximum Gasteiger partial charge on any atom is 0.573 e. The second kappa shape index (κ2) is 7.79. The standard InChI is InChI=1S/C21H25F3N4O3S2/c1-32-18(25)26-19(27-20-8-12-6-11-7-13(9-20)17(12)16(11)10-20)28-33(29,30)15-4-2-14(3-5-15)31-21(22,23)24/h2-5,11-13,16-17H,6-10H2,1H3,(H3,25,26,27,28). The minimum Gasteiger partial charge on any atom is -0.406 e. The van der Waals surface area contributed by atoms with Crippen LogP contribution >= 0.6 is 11.8 Å². The third kappa shape index (κ3) is 4.31. The lowest BCUT2D eigenvalue weighted by Crippen LogP contribution is -2.59. The number of thioether (sulfide) groups is 1. The zero-order valence-electron chi connectivity index (χ0n) is 17.9. The van der Waals surface area contributed by atoms with E-state index >= 15 is 0 Å². The smallest absolute Gasteiger partial charge is 0.406 e. The zero-order valence-corrected chi connectivity index (χ0v) is 19.5. The lowest BCUT2D eigenvalue weighted by molar-refractivity contribution is -0.274. The van der Waals surface area contributed by atoms with Crippen LogP contribution in [0.2, 0.25) is 0 Å². The Bertz CT molecular complexity index is 1090. The molecular weight excluding hydrogens is 477 g/mol. The average Bonchev–Trinajstić information content (AvgIpc) is 3.11. The number of halogens is 3. The Morgan fingerprint density at radius 1 is 1.15 bits per heavy atom. The van der Waals surface area contributed by atoms with Crippen LogP contribution in [0.4, 0.5) is 13.2 Å². The first-order valence-electron chi connectivity index (χ1n) is 10.8. The number of guanidine groups is 1. The van der Waals surface area contributed by atoms with Gasteiger partial charge in [0.1, 0.15) is 5.75 Å². The van der Waals surface area contributed by atoms with Gasteiger partial charge in [-0.15, -0.1) is 17.6 Å². The van der Waals surface area contributed by atoms with Crippen LogP contribution in [0.1, 0.15) is 32.1 Å². The number of hydrogen-bond donors (Lipinski definition) is 2. The van der Waals surface area contributed by atoms with Gasteiger partial charge in [-0.2, -0.15) is 13.4 Å². The second-order valence-corrected chi connectivity index (χ2v) is 12.0. The first-order valence-corrected chi connectivity index (χ1v) is 13.5. The van der Waals surface area contributed by atoms with Crippen molar-refractivity contribution in [2.75, 3.05) is 6.26 Å². The number of amidine groups is 1. The van der Waals surface area contributed by atoms with Gasteiger partial charge in [-0.3, -0.25) is 0 Å². The van der Waals surface area contributed by atoms with Crippen LogP contribution in [0, 0.1) is 29.6 Å². The number of nitrogens with two attached hydrogens (primary N) is 1. The molecule has 3 N–H and O–H groups in total. The number of nitrogens with zero attached hydrogens (tertiary/aromatic N) is 2. The quantitative estimate of drug-likeness (QED) is 0.480. The fraction of sp³-hybridized carbons (Fsp3) is 0.619. The van der Waals surface area contributed by atoms with Gasteiger partial charge in [0.2, 0.25) is 5.96 Å². The molecule has 0 radical (unpaired) electrons. The highest BCUT2D eigenvalue weighted by molar-refractivity contribution is 8.13. The molecule has 0 amide bonds. The second-order valence-electron chi connectivity index (χ2n) is 9.57. The van der Waals surface area contributed by atoms with Gasteiger partial charge >= 0.3 is 6.36 Å². The molecule has 0 aromatic heterocycles. The molecule has 5 fully saturated rings. The Hall–Kier alpha value is -1.95. The SMILES string of the molecule is CS/C(N)=N/C(=N\S(=O)(=O)c1ccc(OC(F)(F)F)cc1)NC12CC3CC4CC(C1)C3C4C2. The highest BCUT2D eigenvalue weighted by Gasteiger charge is 2.65. The molecule has 0 spiro atoms. The van der Waals surface area contributed by atoms with Gasteiger partial charge in [-0.05, 0) is 92.2 Å². The summed E-state index contributed by atoms with van der Waals surface area (Å²) in [6.45, 7) is 0. The van der Waals surface area contributed by atoms with E-state index in [4.69, 9.17) is 5.73 Å². The van der Waals surface area contributed by atoms with Gasteiger partial charge in [-0.1, -0.05) is 11.8 Å². The average molecular weight is 503 g/mol. The summed E-state index contributed by atoms with van der Waals surface area (Å²) in [5.74, 6) is 2.99. The van der Waals surface area contributed by atoms with Crippen LogP contribution in [0.25, 0.3) is 0 Å². The number of alkyl halides is 3. The van der Waals surface area contributed by atoms with Gasteiger partial charge in [0.25, 0.3) is 10.0 Å². The van der Waals surface area contributed by atoms with E-state index in [1.165, 1.54) is 24.6 Å². The molecule has 3 atom stereocenters. The molecule has 0 heterocycles. The molecule has 33 heavy (non-hydrogen) atoms. The molecule has 0 saturated heterocycles. The van der Waals surface area contributed by atoms with Gasteiger partial charge in [0, 0.05) is 5.54 Å². The molecule has 7 nitrogen and oxygen atoms in total. The summed E-state index contributed by atoms with van der Waals surface area (Å²) >= 11 is 1.17. The van der Waals surface area contributed by atoms with Gasteiger partial charge in [0.15, 0.2) is 5.17 Å². The summed E-state index contributed by atoms with van der Waals surface area (Å²) in [6, 6.07) is 3.93. The highest BCUT2D eigenvalue weighted by atomic mass is 32.2. The predicted molar refractivity (Wildman–Crippen MR) is 119 cm³/mol. The van der Waals surface area contributed by atoms with Crippen LogP contribution in [-0.2, 0) is 10.0 Å². The summed E-state index contributed by atoms with van der Waals surface area (Å²) in [7, 11) is -4.24. The van der Waals surface area contributed by atoms with Crippen LogP contribution < -0.4 is 15.8 Å². The minimum atomic E-state index is -4.86. The Morgan fingerprint density at radius 3 is 2.33 bits per heavy atom. The normalized spacial score (nSPS) is 35.3. The minimum absolute atomic E-state index is 0.0746. The molecule has 1 aromatic rings. The maximum absolute atomic E-state index is 13.0. The van der Waals surface area contributed by atoms with Crippen LogP contribution in [0.3, 0.4) is 0 Å². The molecule has 3 unspecified atom stereocenters. The summed E-state index contributed by atoms with van der Waals surface area (Å²) < 4.78 is 70.8. The highest BCUT2D eigenvalue weighted by Crippen LogP contribution is 2.69. The zero-order chi connectivity index (χ0) is 23.6. The summed E-state index contributed by atoms with van der Waals surface area (Å²) in [4.78, 5) is 3.97. The van der Waals surface area contributed by atoms with E-state index in [0.29, 0.717) is 17.8 Å². The lowest BCUT2D eigenvalue weighted by Gasteiger charge is -2.53. The van der Waals surface area contributed by atoms with Gasteiger partial charge in [0.05, 0.1) is 4.90 Å². The molecule has 6 bridgehead atoms. The molecule has 5 aliphatic rings. The molecule has 6 rings (SSSR count). The van der Waals surface area contributed by atoms with Crippen molar-refractivity contribution in [2.24, 2.45) is 44.7 Å². The van der Waals surface area contributed by atoms with Crippen molar-refractivity contribution in [3.05, 3.63) is 24.3 Å². The maximum atomic E-state index is 13.0. The third-order valence-corrected chi connectivity index (χ3v) is 9.49. The van der Waals surface area contributed by atoms with E-state index in [1.807, 2.05) is 0 Å². The van der Waals surface area contributed by atoms with Crippen molar-refractivity contribution in [3.8, 4) is 5.75 Å². The summed E-state index contributed by atoms with van der Waals surface area (Å²) in [6.07, 6.45) is 2.29. The molecule has 0 aliphatic heterocycles. The number of benzene rings is 1. The Morgan fingerprint density at radius 2 is 1.79 bits per heavy atom. The van der Waals surface area contributed by atoms with Crippen molar-refractivity contribution in [2.45, 2.75) is 48.9 Å². The van der Waals surface area contributed by atoms with Gasteiger partial charge < -0.3 is 15.8 Å². The molecular formula is C21H25F3N4O3S2. The number of aliphatic imine (C=N–C) groups is 1. The van der Waals surface area contributed by atoms with E-state index in [1.54, 1.807) is 6.26 Å². The largest absolute Gasteiger partial charge is 0.573 e. The van der Waals surface area contributed by atoms with Crippen molar-refractivity contribution in [3.63, 3.8) is 0 Å². The number of hydrogen-bond acceptors (Lipinski definition) is 4. The first kappa shape index (κ1) is 22.8. The van der Waals surface area contributed by atoms with Crippen molar-refractivity contribution in [1.82, 2.24) is 5.32 Å². The van der Waals surface area contributed by atoms with E-state index in [-0.39, 0.29) is 21.6 Å². The van der Waals surface area contributed by atoms with E-state index in [2.05, 4.69) is 19.4 Å². The van der Waals surface area contributed by atoms with Crippen molar-refractivity contribution < 1.29 is 26.3 Å². The van der Waals surface area contributed by atoms with Crippen molar-refractivity contribution in [1.29, 1.82) is 0 Å². The Balaban J connectivity index is 1.42. The fourth-order valence-electron chi connectivity index (χ4n) is 6.97. The molecule has 180 valence electrons. The van der Waals surface area contributed by atoms with Crippen LogP contribution in [0.5, 0.6) is 5.75 Å². The number of sulfonamides is 1. The van der Waals surface area contributed by atoms with Gasteiger partial charge in [-0.25, -0.2) is 0 Å². The number of nitrogens with one attached hydrogen (secondary N) is 1. The summed E-state index contributed by atoms with van der Waals surface area (Å²) in [5, 5.41) is 3.53. The van der Waals surface area contributed by atoms with Crippen molar-refractivity contribution >= 4 is 32.9 Å². The lowest BCUT2D eigenvalue weighted by atomic mass is 9.57. The van der Waals surface area contributed by atoms with E-state index < -0.39 is 22.1 Å². The molecule has 5 saturated carbocycles. The number of rotatable bonds is 4. The van der Waals surface area contributed by atoms with Crippen LogP contribution in [0.15, 0.2) is 38.6 Å². The number of ether oxygens (including phenoxy) is 1. The van der Waals surface area contributed by atoms with Crippen LogP contribution in [-0.4, -0.2) is 37.7 Å². The third-order valence-electron chi connectivity index (χ3n) is 7.70. The predicted octanol–water partition coefficient (Wildman–Crippen LogP) is 3.72.